The summed E-state index contributed by atoms with van der Waals surface area (Å²) in [5.41, 5.74) is 5.42. The second kappa shape index (κ2) is 9.88. The number of nitrogens with one attached hydrogen (secondary N) is 1. The van der Waals surface area contributed by atoms with E-state index in [1.807, 2.05) is 6.92 Å². The number of amidine groups is 1. The van der Waals surface area contributed by atoms with E-state index in [0.29, 0.717) is 36.0 Å². The molecule has 11 heteroatoms. The first-order valence-electron chi connectivity index (χ1n) is 11.6. The molecule has 0 bridgehead atoms. The third kappa shape index (κ3) is 5.06. The molecule has 2 aliphatic heterocycles. The van der Waals surface area contributed by atoms with E-state index in [9.17, 15) is 27.5 Å². The summed E-state index contributed by atoms with van der Waals surface area (Å²) in [5.74, 6) is -1.64. The van der Waals surface area contributed by atoms with Crippen LogP contribution in [-0.2, 0) is 11.0 Å². The second-order valence-corrected chi connectivity index (χ2v) is 9.11. The number of hydrogen-bond acceptors (Lipinski definition) is 6. The normalized spacial score (nSPS) is 25.1. The number of fused-ring (bicyclic) bond motifs is 1. The van der Waals surface area contributed by atoms with Crippen molar-refractivity contribution in [2.24, 2.45) is 15.7 Å². The Balaban J connectivity index is 1.60. The second-order valence-electron chi connectivity index (χ2n) is 9.11. The number of aliphatic hydroxyl groups is 1. The van der Waals surface area contributed by atoms with Crippen LogP contribution >= 0.6 is 0 Å². The van der Waals surface area contributed by atoms with Crippen molar-refractivity contribution in [1.82, 2.24) is 10.2 Å². The molecular formula is C25H27F4N5O2. The molecule has 4 rings (SSSR count). The molecule has 2 unspecified atom stereocenters. The summed E-state index contributed by atoms with van der Waals surface area (Å²) >= 11 is 0. The van der Waals surface area contributed by atoms with Gasteiger partial charge in [-0.1, -0.05) is 12.1 Å². The number of carbonyl (C=O) groups excluding carboxylic acids is 1. The largest absolute Gasteiger partial charge is 0.419 e. The van der Waals surface area contributed by atoms with Gasteiger partial charge in [0.15, 0.2) is 0 Å². The number of alkyl halides is 3. The van der Waals surface area contributed by atoms with Crippen molar-refractivity contribution in [2.45, 2.75) is 57.1 Å². The third-order valence-electron chi connectivity index (χ3n) is 6.42. The van der Waals surface area contributed by atoms with Crippen molar-refractivity contribution in [3.8, 4) is 0 Å². The van der Waals surface area contributed by atoms with Crippen LogP contribution in [-0.4, -0.2) is 52.7 Å². The van der Waals surface area contributed by atoms with Gasteiger partial charge in [0, 0.05) is 41.9 Å². The Labute approximate surface area is 205 Å². The number of aliphatic hydroxyl groups excluding tert-OH is 1. The molecule has 1 saturated carbocycles. The lowest BCUT2D eigenvalue weighted by atomic mass is 9.90. The van der Waals surface area contributed by atoms with Crippen LogP contribution in [0.1, 0.15) is 43.9 Å². The molecular weight excluding hydrogens is 478 g/mol. The molecule has 1 amide bonds. The summed E-state index contributed by atoms with van der Waals surface area (Å²) < 4.78 is 54.0. The van der Waals surface area contributed by atoms with E-state index in [4.69, 9.17) is 5.73 Å². The molecule has 0 aromatic heterocycles. The molecule has 1 fully saturated rings. The van der Waals surface area contributed by atoms with Crippen molar-refractivity contribution in [3.63, 3.8) is 0 Å². The summed E-state index contributed by atoms with van der Waals surface area (Å²) in [5, 5.41) is 12.4. The van der Waals surface area contributed by atoms with Gasteiger partial charge < -0.3 is 21.1 Å². The number of benzene rings is 1. The van der Waals surface area contributed by atoms with Gasteiger partial charge in [-0.2, -0.15) is 13.2 Å². The molecule has 0 saturated heterocycles. The first kappa shape index (κ1) is 25.6. The summed E-state index contributed by atoms with van der Waals surface area (Å²) in [6.45, 7) is 3.81. The van der Waals surface area contributed by atoms with Crippen LogP contribution in [0.5, 0.6) is 0 Å². The summed E-state index contributed by atoms with van der Waals surface area (Å²) in [7, 11) is 0. The highest BCUT2D eigenvalue weighted by Crippen LogP contribution is 2.34. The van der Waals surface area contributed by atoms with Gasteiger partial charge in [0.1, 0.15) is 11.7 Å². The number of hydrogen-bond donors (Lipinski definition) is 3. The maximum absolute atomic E-state index is 14.6. The Morgan fingerprint density at radius 3 is 2.72 bits per heavy atom. The molecule has 1 aromatic rings. The number of nitrogens with zero attached hydrogens (tertiary/aromatic N) is 3. The molecule has 0 radical (unpaired) electrons. The van der Waals surface area contributed by atoms with Crippen LogP contribution in [0.3, 0.4) is 0 Å². The highest BCUT2D eigenvalue weighted by Gasteiger charge is 2.36. The van der Waals surface area contributed by atoms with E-state index in [-0.39, 0.29) is 23.2 Å². The predicted octanol–water partition coefficient (Wildman–Crippen LogP) is 3.38. The van der Waals surface area contributed by atoms with E-state index in [1.165, 1.54) is 19.2 Å². The van der Waals surface area contributed by atoms with Crippen molar-refractivity contribution in [2.75, 3.05) is 6.54 Å². The number of amides is 1. The predicted molar refractivity (Wildman–Crippen MR) is 128 cm³/mol. The SMILES string of the molecule is C[C@@H]1CN2C=C(/C(C=NC3CCC3O)=C/N)C=C(C(=O)N[C@H](C)c3cccc(C(F)(F)F)c3F)C2=N1. The fourth-order valence-electron chi connectivity index (χ4n) is 4.27. The van der Waals surface area contributed by atoms with Crippen LogP contribution < -0.4 is 11.1 Å². The lowest BCUT2D eigenvalue weighted by Crippen LogP contribution is -2.37. The van der Waals surface area contributed by atoms with Gasteiger partial charge in [-0.3, -0.25) is 14.8 Å². The van der Waals surface area contributed by atoms with Gasteiger partial charge in [-0.25, -0.2) is 4.39 Å². The molecule has 4 atom stereocenters. The molecule has 1 aromatic carbocycles. The van der Waals surface area contributed by atoms with E-state index in [2.05, 4.69) is 15.3 Å². The minimum absolute atomic E-state index is 0.103. The van der Waals surface area contributed by atoms with Crippen molar-refractivity contribution >= 4 is 18.0 Å². The summed E-state index contributed by atoms with van der Waals surface area (Å²) in [6.07, 6.45) is 2.36. The Kier molecular flexibility index (Phi) is 7.03. The fourth-order valence-corrected chi connectivity index (χ4v) is 4.27. The number of carbonyl (C=O) groups is 1. The zero-order chi connectivity index (χ0) is 26.2. The molecule has 4 N–H and O–H groups in total. The monoisotopic (exact) mass is 505 g/mol. The zero-order valence-electron chi connectivity index (χ0n) is 19.8. The molecule has 2 heterocycles. The lowest BCUT2D eigenvalue weighted by Gasteiger charge is -2.29. The van der Waals surface area contributed by atoms with Crippen LogP contribution in [0, 0.1) is 5.82 Å². The van der Waals surface area contributed by atoms with Gasteiger partial charge >= 0.3 is 6.18 Å². The third-order valence-corrected chi connectivity index (χ3v) is 6.42. The molecule has 3 aliphatic rings. The van der Waals surface area contributed by atoms with Crippen molar-refractivity contribution in [1.29, 1.82) is 0 Å². The average molecular weight is 506 g/mol. The number of allylic oxidation sites excluding steroid dienone is 3. The Bertz CT molecular complexity index is 1200. The molecule has 7 nitrogen and oxygen atoms in total. The Hall–Kier alpha value is -3.47. The van der Waals surface area contributed by atoms with Gasteiger partial charge in [0.25, 0.3) is 5.91 Å². The maximum atomic E-state index is 14.6. The highest BCUT2D eigenvalue weighted by molar-refractivity contribution is 6.22. The lowest BCUT2D eigenvalue weighted by molar-refractivity contribution is -0.140. The standard InChI is InChI=1S/C25H27F4N5O2/c1-13-11-34-12-15(16(9-30)10-31-20-6-7-21(20)35)8-18(23(34)32-13)24(36)33-14(2)17-4-3-5-19(22(17)26)25(27,28)29/h3-5,8-10,12-14,20-21,35H,6-7,11,30H2,1-2H3,(H,33,36)/b16-9+,31-10?/t13-,14-,20?,21?/m1/s1. The van der Waals surface area contributed by atoms with Crippen LogP contribution in [0.15, 0.2) is 63.4 Å². The van der Waals surface area contributed by atoms with E-state index in [1.54, 1.807) is 23.4 Å². The van der Waals surface area contributed by atoms with Gasteiger partial charge in [-0.05, 0) is 38.8 Å². The van der Waals surface area contributed by atoms with E-state index >= 15 is 0 Å². The molecule has 0 spiro atoms. The summed E-state index contributed by atoms with van der Waals surface area (Å²) in [6, 6.07) is 1.61. The van der Waals surface area contributed by atoms with Crippen molar-refractivity contribution in [3.05, 3.63) is 70.3 Å². The van der Waals surface area contributed by atoms with Crippen molar-refractivity contribution < 1.29 is 27.5 Å². The number of aliphatic imine (C=N–C) groups is 2. The Morgan fingerprint density at radius 1 is 1.36 bits per heavy atom. The average Bonchev–Trinajstić information content (AvgIpc) is 3.19. The highest BCUT2D eigenvalue weighted by atomic mass is 19.4. The van der Waals surface area contributed by atoms with E-state index in [0.717, 1.165) is 12.5 Å². The minimum Gasteiger partial charge on any atom is -0.404 e. The molecule has 192 valence electrons. The zero-order valence-corrected chi connectivity index (χ0v) is 19.8. The minimum atomic E-state index is -4.85. The van der Waals surface area contributed by atoms with Gasteiger partial charge in [0.05, 0.1) is 35.4 Å². The topological polar surface area (TPSA) is 103 Å². The first-order chi connectivity index (χ1) is 17.0. The van der Waals surface area contributed by atoms with E-state index < -0.39 is 35.6 Å². The van der Waals surface area contributed by atoms with Gasteiger partial charge in [0.2, 0.25) is 0 Å². The maximum Gasteiger partial charge on any atom is 0.419 e. The van der Waals surface area contributed by atoms with Gasteiger partial charge in [-0.15, -0.1) is 0 Å². The molecule has 36 heavy (non-hydrogen) atoms. The fraction of sp³-hybridized carbons (Fsp3) is 0.400. The number of halogens is 4. The van der Waals surface area contributed by atoms with Crippen LogP contribution in [0.4, 0.5) is 17.6 Å². The molecule has 1 aliphatic carbocycles. The summed E-state index contributed by atoms with van der Waals surface area (Å²) in [4.78, 5) is 23.9. The Morgan fingerprint density at radius 2 is 2.11 bits per heavy atom. The number of nitrogens with two attached hydrogens (primary N) is 1. The quantitative estimate of drug-likeness (QED) is 0.407. The first-order valence-corrected chi connectivity index (χ1v) is 11.6. The van der Waals surface area contributed by atoms with Crippen LogP contribution in [0.2, 0.25) is 0 Å². The van der Waals surface area contributed by atoms with Crippen LogP contribution in [0.25, 0.3) is 0 Å². The smallest absolute Gasteiger partial charge is 0.404 e. The number of rotatable bonds is 6.